The molecule has 2 aliphatic rings. The highest BCUT2D eigenvalue weighted by Gasteiger charge is 2.45. The standard InChI is InChI=1S/C17H19F6N3O2/c1-8-5-10(9(2)11(6-8)16(18,19)20)7-26-4-3-25-14(26)12(15(27)28)13(24)17(21,22)23/h5-6,9,11H,3-4,7,24H2,1-2H3,(H,27,28). The summed E-state index contributed by atoms with van der Waals surface area (Å²) in [5, 5.41) is 9.22. The Hall–Kier alpha value is -2.46. The molecule has 5 nitrogen and oxygen atoms in total. The van der Waals surface area contributed by atoms with Gasteiger partial charge in [-0.25, -0.2) is 4.79 Å². The molecule has 28 heavy (non-hydrogen) atoms. The maximum atomic E-state index is 13.3. The zero-order valence-corrected chi connectivity index (χ0v) is 15.0. The summed E-state index contributed by atoms with van der Waals surface area (Å²) in [5.74, 6) is -5.07. The number of carboxylic acids is 1. The Bertz CT molecular complexity index is 777. The normalized spacial score (nSPS) is 24.4. The van der Waals surface area contributed by atoms with E-state index in [2.05, 4.69) is 4.99 Å². The number of amidine groups is 1. The molecule has 1 heterocycles. The van der Waals surface area contributed by atoms with Crippen LogP contribution in [0, 0.1) is 11.8 Å². The third-order valence-electron chi connectivity index (χ3n) is 4.67. The van der Waals surface area contributed by atoms with Gasteiger partial charge in [0.1, 0.15) is 17.1 Å². The number of hydrogen-bond donors (Lipinski definition) is 2. The highest BCUT2D eigenvalue weighted by molar-refractivity contribution is 6.19. The van der Waals surface area contributed by atoms with Gasteiger partial charge in [0, 0.05) is 13.1 Å². The van der Waals surface area contributed by atoms with E-state index in [-0.39, 0.29) is 19.6 Å². The van der Waals surface area contributed by atoms with Crippen molar-refractivity contribution < 1.29 is 36.2 Å². The minimum absolute atomic E-state index is 0.0103. The number of nitrogens with two attached hydrogens (primary N) is 1. The van der Waals surface area contributed by atoms with Crippen LogP contribution in [0.2, 0.25) is 0 Å². The Morgan fingerprint density at radius 3 is 2.43 bits per heavy atom. The number of aliphatic carboxylic acids is 1. The van der Waals surface area contributed by atoms with Crippen molar-refractivity contribution >= 4 is 11.8 Å². The van der Waals surface area contributed by atoms with Crippen molar-refractivity contribution in [3.63, 3.8) is 0 Å². The summed E-state index contributed by atoms with van der Waals surface area (Å²) in [6.45, 7) is 2.77. The third-order valence-corrected chi connectivity index (χ3v) is 4.67. The van der Waals surface area contributed by atoms with Gasteiger partial charge < -0.3 is 15.7 Å². The molecule has 11 heteroatoms. The van der Waals surface area contributed by atoms with Gasteiger partial charge in [-0.3, -0.25) is 4.99 Å². The van der Waals surface area contributed by atoms with E-state index in [0.29, 0.717) is 11.1 Å². The van der Waals surface area contributed by atoms with Crippen LogP contribution in [0.25, 0.3) is 0 Å². The lowest BCUT2D eigenvalue weighted by molar-refractivity contribution is -0.170. The van der Waals surface area contributed by atoms with Crippen LogP contribution in [0.4, 0.5) is 26.3 Å². The molecule has 0 radical (unpaired) electrons. The SMILES string of the molecule is CC1=CC(C(F)(F)F)C(C)C(CN2CCN=C2C(C(=O)O)=C(N)C(F)(F)F)=C1. The molecule has 1 aliphatic carbocycles. The lowest BCUT2D eigenvalue weighted by Gasteiger charge is -2.33. The number of nitrogens with zero attached hydrogens (tertiary/aromatic N) is 2. The molecule has 0 aromatic heterocycles. The molecule has 1 aliphatic heterocycles. The molecule has 0 aromatic carbocycles. The van der Waals surface area contributed by atoms with E-state index in [1.54, 1.807) is 0 Å². The first-order chi connectivity index (χ1) is 12.7. The van der Waals surface area contributed by atoms with Gasteiger partial charge in [-0.05, 0) is 18.4 Å². The van der Waals surface area contributed by atoms with Crippen molar-refractivity contribution in [3.05, 3.63) is 34.6 Å². The van der Waals surface area contributed by atoms with Crippen LogP contribution in [0.1, 0.15) is 13.8 Å². The predicted octanol–water partition coefficient (Wildman–Crippen LogP) is 3.26. The molecule has 0 bridgehead atoms. The molecule has 0 spiro atoms. The summed E-state index contributed by atoms with van der Waals surface area (Å²) in [6, 6.07) is 0. The second-order valence-corrected chi connectivity index (χ2v) is 6.70. The van der Waals surface area contributed by atoms with Crippen LogP contribution in [0.15, 0.2) is 39.6 Å². The second kappa shape index (κ2) is 7.51. The van der Waals surface area contributed by atoms with Gasteiger partial charge in [0.2, 0.25) is 0 Å². The smallest absolute Gasteiger partial charge is 0.431 e. The minimum Gasteiger partial charge on any atom is -0.477 e. The van der Waals surface area contributed by atoms with Crippen molar-refractivity contribution in [3.8, 4) is 0 Å². The fourth-order valence-corrected chi connectivity index (χ4v) is 3.26. The number of aliphatic imine (C=N–C) groups is 1. The fourth-order valence-electron chi connectivity index (χ4n) is 3.26. The van der Waals surface area contributed by atoms with E-state index < -0.39 is 47.3 Å². The Balaban J connectivity index is 2.36. The zero-order valence-electron chi connectivity index (χ0n) is 15.0. The first kappa shape index (κ1) is 21.8. The van der Waals surface area contributed by atoms with Crippen molar-refractivity contribution in [1.82, 2.24) is 4.90 Å². The topological polar surface area (TPSA) is 78.9 Å². The number of allylic oxidation sites excluding steroid dienone is 4. The monoisotopic (exact) mass is 411 g/mol. The van der Waals surface area contributed by atoms with Crippen molar-refractivity contribution in [2.24, 2.45) is 22.6 Å². The van der Waals surface area contributed by atoms with Crippen molar-refractivity contribution in [2.75, 3.05) is 19.6 Å². The molecule has 0 amide bonds. The maximum absolute atomic E-state index is 13.3. The Morgan fingerprint density at radius 2 is 1.93 bits per heavy atom. The van der Waals surface area contributed by atoms with Crippen LogP contribution in [-0.2, 0) is 4.79 Å². The number of hydrogen-bond acceptors (Lipinski definition) is 4. The van der Waals surface area contributed by atoms with Gasteiger partial charge in [-0.15, -0.1) is 0 Å². The molecule has 2 rings (SSSR count). The third kappa shape index (κ3) is 4.50. The Labute approximate surface area is 156 Å². The average Bonchev–Trinajstić information content (AvgIpc) is 2.96. The number of carbonyl (C=O) groups is 1. The minimum atomic E-state index is -5.08. The molecular weight excluding hydrogens is 392 g/mol. The van der Waals surface area contributed by atoms with Gasteiger partial charge in [0.25, 0.3) is 0 Å². The van der Waals surface area contributed by atoms with E-state index in [1.807, 2.05) is 0 Å². The first-order valence-corrected chi connectivity index (χ1v) is 8.29. The quantitative estimate of drug-likeness (QED) is 0.550. The highest BCUT2D eigenvalue weighted by atomic mass is 19.4. The second-order valence-electron chi connectivity index (χ2n) is 6.70. The Kier molecular flexibility index (Phi) is 5.86. The van der Waals surface area contributed by atoms with Gasteiger partial charge in [-0.1, -0.05) is 24.6 Å². The first-order valence-electron chi connectivity index (χ1n) is 8.29. The van der Waals surface area contributed by atoms with E-state index in [4.69, 9.17) is 5.73 Å². The largest absolute Gasteiger partial charge is 0.477 e. The van der Waals surface area contributed by atoms with E-state index in [0.717, 1.165) is 6.08 Å². The van der Waals surface area contributed by atoms with Crippen LogP contribution >= 0.6 is 0 Å². The van der Waals surface area contributed by atoms with E-state index in [1.165, 1.54) is 24.8 Å². The van der Waals surface area contributed by atoms with E-state index >= 15 is 0 Å². The van der Waals surface area contributed by atoms with Gasteiger partial charge in [-0.2, -0.15) is 26.3 Å². The lowest BCUT2D eigenvalue weighted by Crippen LogP contribution is -2.39. The summed E-state index contributed by atoms with van der Waals surface area (Å²) in [4.78, 5) is 16.4. The Morgan fingerprint density at radius 1 is 1.32 bits per heavy atom. The zero-order chi connectivity index (χ0) is 21.4. The fraction of sp³-hybridized carbons (Fsp3) is 0.529. The molecule has 0 saturated heterocycles. The predicted molar refractivity (Wildman–Crippen MR) is 89.3 cm³/mol. The molecule has 0 fully saturated rings. The molecule has 2 unspecified atom stereocenters. The van der Waals surface area contributed by atoms with Crippen LogP contribution < -0.4 is 5.73 Å². The van der Waals surface area contributed by atoms with Gasteiger partial charge >= 0.3 is 18.3 Å². The molecule has 0 aromatic rings. The van der Waals surface area contributed by atoms with E-state index in [9.17, 15) is 36.2 Å². The number of rotatable bonds is 4. The summed E-state index contributed by atoms with van der Waals surface area (Å²) in [6.07, 6.45) is -6.94. The lowest BCUT2D eigenvalue weighted by atomic mass is 9.80. The molecule has 156 valence electrons. The molecule has 2 atom stereocenters. The number of alkyl halides is 6. The summed E-state index contributed by atoms with van der Waals surface area (Å²) in [7, 11) is 0. The van der Waals surface area contributed by atoms with Crippen LogP contribution in [-0.4, -0.2) is 53.8 Å². The number of carboxylic acid groups (broad SMARTS) is 1. The van der Waals surface area contributed by atoms with Crippen LogP contribution in [0.3, 0.4) is 0 Å². The van der Waals surface area contributed by atoms with Gasteiger partial charge in [0.05, 0.1) is 12.5 Å². The van der Waals surface area contributed by atoms with Crippen molar-refractivity contribution in [1.29, 1.82) is 0 Å². The summed E-state index contributed by atoms with van der Waals surface area (Å²) in [5.41, 5.74) is 2.69. The van der Waals surface area contributed by atoms with Crippen LogP contribution in [0.5, 0.6) is 0 Å². The summed E-state index contributed by atoms with van der Waals surface area (Å²) >= 11 is 0. The van der Waals surface area contributed by atoms with Gasteiger partial charge in [0.15, 0.2) is 0 Å². The average molecular weight is 411 g/mol. The van der Waals surface area contributed by atoms with Crippen molar-refractivity contribution in [2.45, 2.75) is 26.2 Å². The molecule has 0 saturated carbocycles. The number of halogens is 6. The highest BCUT2D eigenvalue weighted by Crippen LogP contribution is 2.40. The maximum Gasteiger partial charge on any atom is 0.431 e. The molecular formula is C17H19F6N3O2. The molecule has 3 N–H and O–H groups in total. The summed E-state index contributed by atoms with van der Waals surface area (Å²) < 4.78 is 78.6.